The zero-order valence-corrected chi connectivity index (χ0v) is 15.9. The Morgan fingerprint density at radius 3 is 2.38 bits per heavy atom. The Balaban J connectivity index is 2.07. The Kier molecular flexibility index (Phi) is 5.38. The lowest BCUT2D eigenvalue weighted by atomic mass is 9.75. The summed E-state index contributed by atoms with van der Waals surface area (Å²) in [6, 6.07) is -0.267. The zero-order valence-electron chi connectivity index (χ0n) is 15.9. The summed E-state index contributed by atoms with van der Waals surface area (Å²) in [4.78, 5) is 12.0. The molecule has 0 aromatic carbocycles. The van der Waals surface area contributed by atoms with Crippen LogP contribution in [0.25, 0.3) is 0 Å². The first-order valence-corrected chi connectivity index (χ1v) is 8.53. The van der Waals surface area contributed by atoms with E-state index in [9.17, 15) is 4.79 Å². The van der Waals surface area contributed by atoms with Gasteiger partial charge in [-0.15, -0.1) is 0 Å². The van der Waals surface area contributed by atoms with Crippen molar-refractivity contribution in [2.75, 3.05) is 13.2 Å². The fraction of sp³-hybridized carbons (Fsp3) is 0.824. The van der Waals surface area contributed by atoms with E-state index in [1.165, 1.54) is 0 Å². The lowest BCUT2D eigenvalue weighted by molar-refractivity contribution is 0.00578. The Bertz CT molecular complexity index is 494. The van der Waals surface area contributed by atoms with Gasteiger partial charge in [0.15, 0.2) is 0 Å². The van der Waals surface area contributed by atoms with Gasteiger partial charge in [-0.3, -0.25) is 0 Å². The summed E-state index contributed by atoms with van der Waals surface area (Å²) >= 11 is 0. The van der Waals surface area contributed by atoms with Crippen molar-refractivity contribution in [1.29, 1.82) is 0 Å². The summed E-state index contributed by atoms with van der Waals surface area (Å²) in [6.45, 7) is 14.6. The second-order valence-electron chi connectivity index (χ2n) is 8.41. The van der Waals surface area contributed by atoms with Gasteiger partial charge in [-0.05, 0) is 60.4 Å². The van der Waals surface area contributed by atoms with Crippen molar-refractivity contribution >= 4 is 13.2 Å². The largest absolute Gasteiger partial charge is 0.490 e. The van der Waals surface area contributed by atoms with Gasteiger partial charge in [-0.2, -0.15) is 0 Å². The number of alkyl carbamates (subject to hydrolysis) is 1. The minimum Gasteiger partial charge on any atom is -0.444 e. The highest BCUT2D eigenvalue weighted by Crippen LogP contribution is 2.39. The van der Waals surface area contributed by atoms with Crippen LogP contribution in [0.2, 0.25) is 0 Å². The highest BCUT2D eigenvalue weighted by atomic mass is 16.7. The van der Waals surface area contributed by atoms with Crippen LogP contribution < -0.4 is 5.32 Å². The van der Waals surface area contributed by atoms with Crippen LogP contribution in [0.15, 0.2) is 11.5 Å². The molecule has 1 atom stereocenters. The average Bonchev–Trinajstić information content (AvgIpc) is 2.54. The lowest BCUT2D eigenvalue weighted by Gasteiger charge is -2.32. The van der Waals surface area contributed by atoms with Crippen molar-refractivity contribution in [3.05, 3.63) is 11.5 Å². The summed E-state index contributed by atoms with van der Waals surface area (Å²) < 4.78 is 23.1. The standard InChI is InChI=1S/C17H30BNO5/c1-15(2,3)22-14(20)19-13-10-12(8-9-21-11-13)18-23-16(4,5)17(6,7)24-18/h10,13H,8-9,11H2,1-7H3,(H,19,20)/t13-/m0/s1. The molecular weight excluding hydrogens is 309 g/mol. The van der Waals surface area contributed by atoms with Gasteiger partial charge in [0.2, 0.25) is 0 Å². The van der Waals surface area contributed by atoms with Crippen LogP contribution in [-0.2, 0) is 18.8 Å². The first kappa shape index (κ1) is 19.3. The van der Waals surface area contributed by atoms with Gasteiger partial charge in [0.05, 0.1) is 23.9 Å². The Morgan fingerprint density at radius 1 is 1.25 bits per heavy atom. The fourth-order valence-corrected chi connectivity index (χ4v) is 2.52. The van der Waals surface area contributed by atoms with E-state index in [-0.39, 0.29) is 17.2 Å². The predicted octanol–water partition coefficient (Wildman–Crippen LogP) is 2.86. The molecule has 0 aliphatic carbocycles. The molecule has 0 bridgehead atoms. The van der Waals surface area contributed by atoms with E-state index >= 15 is 0 Å². The molecule has 24 heavy (non-hydrogen) atoms. The Morgan fingerprint density at radius 2 is 1.83 bits per heavy atom. The summed E-state index contributed by atoms with van der Waals surface area (Å²) in [5, 5.41) is 2.84. The van der Waals surface area contributed by atoms with Crippen molar-refractivity contribution < 1.29 is 23.6 Å². The van der Waals surface area contributed by atoms with Crippen molar-refractivity contribution in [2.24, 2.45) is 0 Å². The van der Waals surface area contributed by atoms with Crippen molar-refractivity contribution in [2.45, 2.75) is 77.7 Å². The summed E-state index contributed by atoms with van der Waals surface area (Å²) in [6.07, 6.45) is 2.23. The Labute approximate surface area is 145 Å². The second kappa shape index (κ2) is 6.69. The van der Waals surface area contributed by atoms with E-state index in [0.29, 0.717) is 19.6 Å². The molecule has 0 aromatic heterocycles. The molecule has 1 fully saturated rings. The molecule has 0 unspecified atom stereocenters. The summed E-state index contributed by atoms with van der Waals surface area (Å²) in [5.74, 6) is 0. The van der Waals surface area contributed by atoms with Crippen molar-refractivity contribution in [3.63, 3.8) is 0 Å². The Hall–Kier alpha value is -1.05. The molecule has 0 spiro atoms. The monoisotopic (exact) mass is 339 g/mol. The molecular formula is C17H30BNO5. The molecule has 2 rings (SSSR count). The SMILES string of the molecule is CC(C)(C)OC(=O)N[C@H]1C=C(B2OC(C)(C)C(C)(C)O2)CCOC1. The molecule has 2 aliphatic heterocycles. The summed E-state index contributed by atoms with van der Waals surface area (Å²) in [5.41, 5.74) is -0.319. The topological polar surface area (TPSA) is 66.0 Å². The minimum absolute atomic E-state index is 0.267. The van der Waals surface area contributed by atoms with Gasteiger partial charge in [0.1, 0.15) is 5.60 Å². The highest BCUT2D eigenvalue weighted by Gasteiger charge is 2.52. The maximum atomic E-state index is 12.0. The molecule has 0 aromatic rings. The van der Waals surface area contributed by atoms with Gasteiger partial charge < -0.3 is 24.1 Å². The second-order valence-corrected chi connectivity index (χ2v) is 8.41. The maximum Gasteiger partial charge on any atom is 0.490 e. The lowest BCUT2D eigenvalue weighted by Crippen LogP contribution is -2.41. The number of rotatable bonds is 2. The number of hydrogen-bond acceptors (Lipinski definition) is 5. The normalized spacial score (nSPS) is 26.5. The van der Waals surface area contributed by atoms with Gasteiger partial charge in [-0.1, -0.05) is 6.08 Å². The van der Waals surface area contributed by atoms with Crippen LogP contribution in [0.3, 0.4) is 0 Å². The van der Waals surface area contributed by atoms with Crippen LogP contribution in [0.1, 0.15) is 54.9 Å². The molecule has 2 aliphatic rings. The van der Waals surface area contributed by atoms with E-state index in [1.807, 2.05) is 54.5 Å². The number of hydrogen-bond donors (Lipinski definition) is 1. The third-order valence-electron chi connectivity index (χ3n) is 4.51. The number of carbonyl (C=O) groups is 1. The molecule has 6 nitrogen and oxygen atoms in total. The molecule has 1 saturated heterocycles. The van der Waals surface area contributed by atoms with Gasteiger partial charge in [-0.25, -0.2) is 4.79 Å². The van der Waals surface area contributed by atoms with E-state index < -0.39 is 18.8 Å². The van der Waals surface area contributed by atoms with Crippen LogP contribution in [-0.4, -0.2) is 49.3 Å². The van der Waals surface area contributed by atoms with E-state index in [0.717, 1.165) is 5.47 Å². The van der Waals surface area contributed by atoms with Gasteiger partial charge in [0.25, 0.3) is 0 Å². The van der Waals surface area contributed by atoms with Crippen LogP contribution >= 0.6 is 0 Å². The highest BCUT2D eigenvalue weighted by molar-refractivity contribution is 6.54. The first-order valence-electron chi connectivity index (χ1n) is 8.53. The molecule has 136 valence electrons. The van der Waals surface area contributed by atoms with E-state index in [2.05, 4.69) is 5.32 Å². The van der Waals surface area contributed by atoms with Gasteiger partial charge >= 0.3 is 13.2 Å². The van der Waals surface area contributed by atoms with Crippen LogP contribution in [0.5, 0.6) is 0 Å². The number of nitrogens with one attached hydrogen (secondary N) is 1. The zero-order chi connectivity index (χ0) is 18.2. The number of ether oxygens (including phenoxy) is 2. The molecule has 1 amide bonds. The fourth-order valence-electron chi connectivity index (χ4n) is 2.52. The van der Waals surface area contributed by atoms with Crippen molar-refractivity contribution in [1.82, 2.24) is 5.32 Å². The minimum atomic E-state index is -0.534. The molecule has 2 heterocycles. The molecule has 0 saturated carbocycles. The van der Waals surface area contributed by atoms with Gasteiger partial charge in [0, 0.05) is 6.61 Å². The quantitative estimate of drug-likeness (QED) is 0.784. The third-order valence-corrected chi connectivity index (χ3v) is 4.51. The van der Waals surface area contributed by atoms with E-state index in [1.54, 1.807) is 0 Å². The molecule has 0 radical (unpaired) electrons. The van der Waals surface area contributed by atoms with Crippen molar-refractivity contribution in [3.8, 4) is 0 Å². The predicted molar refractivity (Wildman–Crippen MR) is 92.8 cm³/mol. The molecule has 1 N–H and O–H groups in total. The van der Waals surface area contributed by atoms with E-state index in [4.69, 9.17) is 18.8 Å². The average molecular weight is 339 g/mol. The molecule has 7 heteroatoms. The third kappa shape index (κ3) is 4.74. The first-order chi connectivity index (χ1) is 10.9. The smallest absolute Gasteiger partial charge is 0.444 e. The summed E-state index contributed by atoms with van der Waals surface area (Å²) in [7, 11) is -0.417. The number of amides is 1. The number of carbonyl (C=O) groups excluding carboxylic acids is 1. The maximum absolute atomic E-state index is 12.0. The van der Waals surface area contributed by atoms with Crippen LogP contribution in [0.4, 0.5) is 4.79 Å². The van der Waals surface area contributed by atoms with Crippen LogP contribution in [0, 0.1) is 0 Å².